The van der Waals surface area contributed by atoms with Gasteiger partial charge < -0.3 is 10.2 Å². The van der Waals surface area contributed by atoms with Gasteiger partial charge in [0.2, 0.25) is 0 Å². The molecule has 1 rings (SSSR count). The minimum Gasteiger partial charge on any atom is -0.490 e. The van der Waals surface area contributed by atoms with Crippen molar-refractivity contribution in [3.63, 3.8) is 0 Å². The van der Waals surface area contributed by atoms with Crippen molar-refractivity contribution in [2.45, 2.75) is 0 Å². The fraction of sp³-hybridized carbons (Fsp3) is 0.200. The average Bonchev–Trinajstić information content (AvgIpc) is 2.07. The van der Waals surface area contributed by atoms with Gasteiger partial charge in [0.25, 0.3) is 11.8 Å². The number of aliphatic hydroxyl groups is 2. The van der Waals surface area contributed by atoms with Crippen LogP contribution in [0.2, 0.25) is 0 Å². The molecule has 0 aromatic heterocycles. The highest BCUT2D eigenvalue weighted by Crippen LogP contribution is 2.03. The predicted molar refractivity (Wildman–Crippen MR) is 47.6 cm³/mol. The number of halogens is 1. The Kier molecular flexibility index (Phi) is 4.63. The highest BCUT2D eigenvalue weighted by Gasteiger charge is 2.12. The summed E-state index contributed by atoms with van der Waals surface area (Å²) in [4.78, 5) is 0. The number of hydrazine groups is 2. The van der Waals surface area contributed by atoms with Crippen LogP contribution in [0.4, 0.5) is 0 Å². The van der Waals surface area contributed by atoms with Crippen molar-refractivity contribution in [2.75, 3.05) is 6.54 Å². The Hall–Kier alpha value is -1.47. The van der Waals surface area contributed by atoms with Gasteiger partial charge in [-0.2, -0.15) is 5.43 Å². The van der Waals surface area contributed by atoms with Gasteiger partial charge in [-0.3, -0.25) is 0 Å². The maximum Gasteiger partial charge on any atom is 0.295 e. The van der Waals surface area contributed by atoms with Crippen LogP contribution in [-0.2, 0) is 0 Å². The number of rotatable bonds is 3. The van der Waals surface area contributed by atoms with Gasteiger partial charge in [-0.15, -0.1) is 24.2 Å². The van der Waals surface area contributed by atoms with Gasteiger partial charge in [0, 0.05) is 6.54 Å². The van der Waals surface area contributed by atoms with Crippen molar-refractivity contribution in [1.29, 1.82) is 0 Å². The molecule has 74 valence electrons. The first-order chi connectivity index (χ1) is 5.74. The normalized spacial score (nSPS) is 14.9. The second-order valence-electron chi connectivity index (χ2n) is 1.94. The summed E-state index contributed by atoms with van der Waals surface area (Å²) in [5.74, 6) is -1.01. The smallest absolute Gasteiger partial charge is 0.295 e. The molecule has 0 aromatic rings. The maximum atomic E-state index is 8.90. The number of nitrogens with one attached hydrogen (secondary N) is 2. The van der Waals surface area contributed by atoms with E-state index in [1.807, 2.05) is 0 Å². The molecule has 13 heavy (non-hydrogen) atoms. The first kappa shape index (κ1) is 11.5. The van der Waals surface area contributed by atoms with Crippen LogP contribution in [0.5, 0.6) is 0 Å². The van der Waals surface area contributed by atoms with E-state index in [-0.39, 0.29) is 12.4 Å². The van der Waals surface area contributed by atoms with E-state index in [1.165, 1.54) is 0 Å². The molecule has 0 atom stereocenters. The minimum absolute atomic E-state index is 0. The van der Waals surface area contributed by atoms with Gasteiger partial charge in [0.05, 0.1) is 0 Å². The molecular formula is C5H10ClN5O2. The number of aliphatic hydroxyl groups excluding tert-OH is 2. The van der Waals surface area contributed by atoms with Crippen LogP contribution in [0.1, 0.15) is 0 Å². The molecule has 0 aromatic carbocycles. The van der Waals surface area contributed by atoms with Crippen molar-refractivity contribution in [1.82, 2.24) is 16.1 Å². The van der Waals surface area contributed by atoms with Gasteiger partial charge >= 0.3 is 0 Å². The maximum absolute atomic E-state index is 8.90. The lowest BCUT2D eigenvalue weighted by atomic mass is 10.7. The summed E-state index contributed by atoms with van der Waals surface area (Å²) in [7, 11) is 0. The van der Waals surface area contributed by atoms with E-state index in [9.17, 15) is 0 Å². The van der Waals surface area contributed by atoms with Crippen molar-refractivity contribution in [3.05, 3.63) is 24.4 Å². The van der Waals surface area contributed by atoms with Crippen LogP contribution in [0.3, 0.4) is 0 Å². The third-order valence-electron chi connectivity index (χ3n) is 1.04. The topological polar surface area (TPSA) is 92.5 Å². The van der Waals surface area contributed by atoms with Crippen LogP contribution in [0.25, 0.3) is 0 Å². The molecule has 0 fully saturated rings. The van der Waals surface area contributed by atoms with Crippen LogP contribution < -0.4 is 10.9 Å². The zero-order valence-electron chi connectivity index (χ0n) is 6.64. The molecule has 7 nitrogen and oxygen atoms in total. The Morgan fingerprint density at radius 2 is 2.31 bits per heavy atom. The molecular weight excluding hydrogens is 198 g/mol. The molecule has 0 saturated carbocycles. The van der Waals surface area contributed by atoms with Gasteiger partial charge in [-0.05, 0) is 5.22 Å². The Labute approximate surface area is 80.8 Å². The van der Waals surface area contributed by atoms with Crippen LogP contribution in [-0.4, -0.2) is 22.0 Å². The van der Waals surface area contributed by atoms with Crippen molar-refractivity contribution in [2.24, 2.45) is 10.3 Å². The van der Waals surface area contributed by atoms with E-state index >= 15 is 0 Å². The van der Waals surface area contributed by atoms with Crippen molar-refractivity contribution in [3.8, 4) is 0 Å². The molecule has 0 unspecified atom stereocenters. The summed E-state index contributed by atoms with van der Waals surface area (Å²) in [6.45, 7) is 3.92. The fourth-order valence-electron chi connectivity index (χ4n) is 0.529. The summed E-state index contributed by atoms with van der Waals surface area (Å²) < 4.78 is 0. The second-order valence-corrected chi connectivity index (χ2v) is 1.94. The number of hydrogen-bond acceptors (Lipinski definition) is 7. The molecule has 0 saturated heterocycles. The summed E-state index contributed by atoms with van der Waals surface area (Å²) in [6.07, 6.45) is 1.60. The second kappa shape index (κ2) is 5.22. The highest BCUT2D eigenvalue weighted by molar-refractivity contribution is 5.85. The zero-order valence-corrected chi connectivity index (χ0v) is 7.45. The molecule has 1 aliphatic heterocycles. The van der Waals surface area contributed by atoms with E-state index in [4.69, 9.17) is 10.2 Å². The quantitative estimate of drug-likeness (QED) is 0.507. The Bertz CT molecular complexity index is 241. The van der Waals surface area contributed by atoms with Crippen LogP contribution in [0, 0.1) is 0 Å². The third kappa shape index (κ3) is 3.18. The van der Waals surface area contributed by atoms with Gasteiger partial charge in [-0.1, -0.05) is 11.2 Å². The Morgan fingerprint density at radius 1 is 1.62 bits per heavy atom. The third-order valence-corrected chi connectivity index (χ3v) is 1.04. The summed E-state index contributed by atoms with van der Waals surface area (Å²) in [6, 6.07) is 0. The summed E-state index contributed by atoms with van der Waals surface area (Å²) in [5.41, 5.74) is 4.96. The van der Waals surface area contributed by atoms with E-state index in [2.05, 4.69) is 27.8 Å². The van der Waals surface area contributed by atoms with E-state index in [1.54, 1.807) is 6.08 Å². The largest absolute Gasteiger partial charge is 0.490 e. The van der Waals surface area contributed by atoms with E-state index in [0.29, 0.717) is 6.54 Å². The average molecular weight is 208 g/mol. The minimum atomic E-state index is -0.549. The SMILES string of the molecule is C=CCNN1N=NC(O)=C(O)N1.Cl. The van der Waals surface area contributed by atoms with E-state index in [0.717, 1.165) is 5.23 Å². The lowest BCUT2D eigenvalue weighted by Crippen LogP contribution is -2.45. The molecule has 0 radical (unpaired) electrons. The Morgan fingerprint density at radius 3 is 2.85 bits per heavy atom. The first-order valence-corrected chi connectivity index (χ1v) is 3.19. The van der Waals surface area contributed by atoms with Gasteiger partial charge in [-0.25, -0.2) is 5.43 Å². The van der Waals surface area contributed by atoms with Crippen LogP contribution >= 0.6 is 12.4 Å². The summed E-state index contributed by atoms with van der Waals surface area (Å²) >= 11 is 0. The van der Waals surface area contributed by atoms with Crippen LogP contribution in [0.15, 0.2) is 34.8 Å². The number of nitrogens with zero attached hydrogens (tertiary/aromatic N) is 3. The molecule has 0 spiro atoms. The monoisotopic (exact) mass is 207 g/mol. The van der Waals surface area contributed by atoms with E-state index < -0.39 is 11.8 Å². The Balaban J connectivity index is 0.00000144. The summed E-state index contributed by atoms with van der Waals surface area (Å²) in [5, 5.41) is 25.4. The standard InChI is InChI=1S/C5H9N5O2.ClH/c1-2-3-6-10-8-5(12)4(11)7-9-10;/h2,6,8,11-12H,1,3H2;1H. The lowest BCUT2D eigenvalue weighted by Gasteiger charge is -2.20. The molecule has 1 heterocycles. The molecule has 1 aliphatic rings. The lowest BCUT2D eigenvalue weighted by molar-refractivity contribution is 0.0736. The molecule has 0 bridgehead atoms. The van der Waals surface area contributed by atoms with Gasteiger partial charge in [0.1, 0.15) is 0 Å². The molecule has 0 amide bonds. The van der Waals surface area contributed by atoms with Crippen molar-refractivity contribution < 1.29 is 10.2 Å². The molecule has 4 N–H and O–H groups in total. The van der Waals surface area contributed by atoms with Gasteiger partial charge in [0.15, 0.2) is 0 Å². The molecule has 8 heteroatoms. The molecule has 0 aliphatic carbocycles. The number of hydrogen-bond donors (Lipinski definition) is 4. The first-order valence-electron chi connectivity index (χ1n) is 3.19. The predicted octanol–water partition coefficient (Wildman–Crippen LogP) is 0.529. The fourth-order valence-corrected chi connectivity index (χ4v) is 0.529. The zero-order chi connectivity index (χ0) is 8.97. The van der Waals surface area contributed by atoms with Crippen molar-refractivity contribution >= 4 is 12.4 Å². The highest BCUT2D eigenvalue weighted by atomic mass is 35.5.